The van der Waals surface area contributed by atoms with Crippen LogP contribution in [0.15, 0.2) is 53.4 Å². The Kier molecular flexibility index (Phi) is 6.19. The number of carbonyl (C=O) groups is 2. The van der Waals surface area contributed by atoms with Crippen LogP contribution in [0.4, 0.5) is 11.4 Å². The van der Waals surface area contributed by atoms with Crippen LogP contribution in [0.2, 0.25) is 0 Å². The number of phenols is 1. The predicted molar refractivity (Wildman–Crippen MR) is 109 cm³/mol. The molecule has 2 amide bonds. The average Bonchev–Trinajstić information content (AvgIpc) is 2.70. The van der Waals surface area contributed by atoms with Crippen molar-refractivity contribution in [3.8, 4) is 5.75 Å². The monoisotopic (exact) mass is 417 g/mol. The predicted octanol–water partition coefficient (Wildman–Crippen LogP) is 2.39. The fraction of sp³-hybridized carbons (Fsp3) is 0.300. The summed E-state index contributed by atoms with van der Waals surface area (Å²) in [5.74, 6) is -0.857. The highest BCUT2D eigenvalue weighted by atomic mass is 32.2. The molecule has 1 heterocycles. The third-order valence-electron chi connectivity index (χ3n) is 4.70. The van der Waals surface area contributed by atoms with Gasteiger partial charge in [0.2, 0.25) is 21.8 Å². The fourth-order valence-electron chi connectivity index (χ4n) is 3.23. The standard InChI is InChI=1S/C20H23N3O5S/c1-14(24)21-16-6-10-19(11-7-16)29(27,28)23-12-2-3-15(13-23)20(26)22-17-4-8-18(25)9-5-17/h4-11,15,25H,2-3,12-13H2,1H3,(H,21,24)(H,22,26). The Labute approximate surface area is 169 Å². The van der Waals surface area contributed by atoms with E-state index in [0.29, 0.717) is 30.8 Å². The third kappa shape index (κ3) is 5.12. The minimum absolute atomic E-state index is 0.0969. The van der Waals surface area contributed by atoms with Gasteiger partial charge in [-0.1, -0.05) is 0 Å². The van der Waals surface area contributed by atoms with E-state index in [9.17, 15) is 23.1 Å². The second kappa shape index (κ2) is 8.62. The number of nitrogens with one attached hydrogen (secondary N) is 2. The number of rotatable bonds is 5. The zero-order chi connectivity index (χ0) is 21.0. The molecule has 1 fully saturated rings. The minimum Gasteiger partial charge on any atom is -0.508 e. The summed E-state index contributed by atoms with van der Waals surface area (Å²) in [6, 6.07) is 12.1. The van der Waals surface area contributed by atoms with Crippen molar-refractivity contribution in [2.75, 3.05) is 23.7 Å². The Morgan fingerprint density at radius 2 is 1.59 bits per heavy atom. The van der Waals surface area contributed by atoms with Crippen LogP contribution in [0, 0.1) is 5.92 Å². The maximum atomic E-state index is 13.0. The third-order valence-corrected chi connectivity index (χ3v) is 6.58. The molecule has 3 N–H and O–H groups in total. The number of sulfonamides is 1. The minimum atomic E-state index is -3.74. The number of amides is 2. The summed E-state index contributed by atoms with van der Waals surface area (Å²) in [7, 11) is -3.74. The summed E-state index contributed by atoms with van der Waals surface area (Å²) in [6.45, 7) is 1.82. The molecule has 154 valence electrons. The van der Waals surface area contributed by atoms with E-state index in [-0.39, 0.29) is 29.0 Å². The largest absolute Gasteiger partial charge is 0.508 e. The molecular weight excluding hydrogens is 394 g/mol. The summed E-state index contributed by atoms with van der Waals surface area (Å²) in [4.78, 5) is 23.8. The molecular formula is C20H23N3O5S. The van der Waals surface area contributed by atoms with Gasteiger partial charge in [-0.3, -0.25) is 9.59 Å². The molecule has 0 saturated carbocycles. The second-order valence-electron chi connectivity index (χ2n) is 6.94. The first-order chi connectivity index (χ1) is 13.8. The lowest BCUT2D eigenvalue weighted by Crippen LogP contribution is -2.43. The molecule has 1 unspecified atom stereocenters. The number of benzene rings is 2. The van der Waals surface area contributed by atoms with Crippen LogP contribution in [-0.2, 0) is 19.6 Å². The molecule has 2 aromatic rings. The normalized spacial score (nSPS) is 17.5. The van der Waals surface area contributed by atoms with E-state index in [0.717, 1.165) is 0 Å². The summed E-state index contributed by atoms with van der Waals surface area (Å²) < 4.78 is 27.3. The number of aromatic hydroxyl groups is 1. The van der Waals surface area contributed by atoms with E-state index in [1.54, 1.807) is 12.1 Å². The van der Waals surface area contributed by atoms with Gasteiger partial charge < -0.3 is 15.7 Å². The van der Waals surface area contributed by atoms with Crippen molar-refractivity contribution >= 4 is 33.2 Å². The number of anilines is 2. The second-order valence-corrected chi connectivity index (χ2v) is 8.88. The number of hydrogen-bond acceptors (Lipinski definition) is 5. The van der Waals surface area contributed by atoms with Crippen LogP contribution >= 0.6 is 0 Å². The van der Waals surface area contributed by atoms with Crippen LogP contribution in [0.3, 0.4) is 0 Å². The number of nitrogens with zero attached hydrogens (tertiary/aromatic N) is 1. The Morgan fingerprint density at radius 1 is 1.00 bits per heavy atom. The van der Waals surface area contributed by atoms with Crippen LogP contribution < -0.4 is 10.6 Å². The van der Waals surface area contributed by atoms with Gasteiger partial charge in [0.05, 0.1) is 10.8 Å². The molecule has 0 bridgehead atoms. The highest BCUT2D eigenvalue weighted by Gasteiger charge is 2.33. The molecule has 0 aromatic heterocycles. The quantitative estimate of drug-likeness (QED) is 0.646. The van der Waals surface area contributed by atoms with Crippen LogP contribution in [0.1, 0.15) is 19.8 Å². The lowest BCUT2D eigenvalue weighted by atomic mass is 9.99. The Morgan fingerprint density at radius 3 is 2.21 bits per heavy atom. The first-order valence-corrected chi connectivity index (χ1v) is 10.7. The van der Waals surface area contributed by atoms with Crippen molar-refractivity contribution in [1.82, 2.24) is 4.31 Å². The van der Waals surface area contributed by atoms with Gasteiger partial charge in [-0.2, -0.15) is 4.31 Å². The van der Waals surface area contributed by atoms with Gasteiger partial charge in [0.15, 0.2) is 0 Å². The van der Waals surface area contributed by atoms with E-state index < -0.39 is 15.9 Å². The van der Waals surface area contributed by atoms with Crippen LogP contribution in [-0.4, -0.2) is 42.7 Å². The summed E-state index contributed by atoms with van der Waals surface area (Å²) >= 11 is 0. The van der Waals surface area contributed by atoms with Gasteiger partial charge in [-0.05, 0) is 61.4 Å². The molecule has 0 aliphatic carbocycles. The van der Waals surface area contributed by atoms with E-state index in [4.69, 9.17) is 0 Å². The molecule has 1 saturated heterocycles. The van der Waals surface area contributed by atoms with Crippen molar-refractivity contribution in [1.29, 1.82) is 0 Å². The first kappa shape index (κ1) is 20.8. The topological polar surface area (TPSA) is 116 Å². The molecule has 1 aliphatic rings. The number of hydrogen-bond donors (Lipinski definition) is 3. The molecule has 1 atom stereocenters. The summed E-state index contributed by atoms with van der Waals surface area (Å²) in [5.41, 5.74) is 1.06. The first-order valence-electron chi connectivity index (χ1n) is 9.23. The smallest absolute Gasteiger partial charge is 0.243 e. The molecule has 0 spiro atoms. The van der Waals surface area contributed by atoms with Gasteiger partial charge in [0.1, 0.15) is 5.75 Å². The SMILES string of the molecule is CC(=O)Nc1ccc(S(=O)(=O)N2CCCC(C(=O)Nc3ccc(O)cc3)C2)cc1. The van der Waals surface area contributed by atoms with E-state index in [2.05, 4.69) is 10.6 Å². The molecule has 3 rings (SSSR count). The van der Waals surface area contributed by atoms with Crippen LogP contribution in [0.5, 0.6) is 5.75 Å². The van der Waals surface area contributed by atoms with E-state index in [1.807, 2.05) is 0 Å². The summed E-state index contributed by atoms with van der Waals surface area (Å²) in [6.07, 6.45) is 1.17. The van der Waals surface area contributed by atoms with Crippen molar-refractivity contribution < 1.29 is 23.1 Å². The molecule has 0 radical (unpaired) electrons. The lowest BCUT2D eigenvalue weighted by molar-refractivity contribution is -0.121. The van der Waals surface area contributed by atoms with Gasteiger partial charge in [0, 0.05) is 31.4 Å². The van der Waals surface area contributed by atoms with E-state index in [1.165, 1.54) is 47.6 Å². The summed E-state index contributed by atoms with van der Waals surface area (Å²) in [5, 5.41) is 14.7. The van der Waals surface area contributed by atoms with Crippen molar-refractivity contribution in [3.05, 3.63) is 48.5 Å². The van der Waals surface area contributed by atoms with Gasteiger partial charge in [0.25, 0.3) is 0 Å². The zero-order valence-electron chi connectivity index (χ0n) is 16.0. The Hall–Kier alpha value is -2.91. The van der Waals surface area contributed by atoms with Crippen molar-refractivity contribution in [2.45, 2.75) is 24.7 Å². The highest BCUT2D eigenvalue weighted by Crippen LogP contribution is 2.26. The number of carbonyl (C=O) groups excluding carboxylic acids is 2. The molecule has 9 heteroatoms. The fourth-order valence-corrected chi connectivity index (χ4v) is 4.75. The van der Waals surface area contributed by atoms with Gasteiger partial charge >= 0.3 is 0 Å². The zero-order valence-corrected chi connectivity index (χ0v) is 16.8. The van der Waals surface area contributed by atoms with Crippen molar-refractivity contribution in [2.24, 2.45) is 5.92 Å². The number of piperidine rings is 1. The maximum Gasteiger partial charge on any atom is 0.243 e. The Balaban J connectivity index is 1.69. The molecule has 29 heavy (non-hydrogen) atoms. The molecule has 2 aromatic carbocycles. The van der Waals surface area contributed by atoms with E-state index >= 15 is 0 Å². The average molecular weight is 417 g/mol. The van der Waals surface area contributed by atoms with Gasteiger partial charge in [-0.25, -0.2) is 8.42 Å². The van der Waals surface area contributed by atoms with Crippen molar-refractivity contribution in [3.63, 3.8) is 0 Å². The lowest BCUT2D eigenvalue weighted by Gasteiger charge is -2.31. The van der Waals surface area contributed by atoms with Gasteiger partial charge in [-0.15, -0.1) is 0 Å². The molecule has 1 aliphatic heterocycles. The molecule has 8 nitrogen and oxygen atoms in total. The van der Waals surface area contributed by atoms with Crippen LogP contribution in [0.25, 0.3) is 0 Å². The Bertz CT molecular complexity index is 988. The highest BCUT2D eigenvalue weighted by molar-refractivity contribution is 7.89. The maximum absolute atomic E-state index is 13.0. The number of phenolic OH excluding ortho intramolecular Hbond substituents is 1.